The van der Waals surface area contributed by atoms with Gasteiger partial charge in [0.25, 0.3) is 0 Å². The summed E-state index contributed by atoms with van der Waals surface area (Å²) in [6, 6.07) is 0. The summed E-state index contributed by atoms with van der Waals surface area (Å²) in [5.41, 5.74) is 0. The van der Waals surface area contributed by atoms with Gasteiger partial charge in [0, 0.05) is 24.2 Å². The van der Waals surface area contributed by atoms with Crippen LogP contribution in [0, 0.1) is 41.4 Å². The third kappa shape index (κ3) is 0.761. The summed E-state index contributed by atoms with van der Waals surface area (Å²) < 4.78 is 0. The van der Waals surface area contributed by atoms with E-state index >= 15 is 0 Å². The van der Waals surface area contributed by atoms with Gasteiger partial charge < -0.3 is 0 Å². The van der Waals surface area contributed by atoms with Crippen molar-refractivity contribution < 1.29 is 9.59 Å². The fourth-order valence-corrected chi connectivity index (χ4v) is 5.55. The predicted molar refractivity (Wildman–Crippen MR) is 58.5 cm³/mol. The molecular formula is C14H16O2. The van der Waals surface area contributed by atoms with Crippen LogP contribution in [-0.4, -0.2) is 11.6 Å². The molecule has 0 N–H and O–H groups in total. The van der Waals surface area contributed by atoms with Crippen LogP contribution in [0.25, 0.3) is 0 Å². The molecule has 4 saturated carbocycles. The lowest BCUT2D eigenvalue weighted by atomic mass is 9.78. The molecule has 2 bridgehead atoms. The van der Waals surface area contributed by atoms with Crippen LogP contribution in [0.15, 0.2) is 12.7 Å². The maximum Gasteiger partial charge on any atom is 0.140 e. The molecule has 2 heteroatoms. The summed E-state index contributed by atoms with van der Waals surface area (Å²) in [6.45, 7) is 3.77. The Balaban J connectivity index is 1.81. The Morgan fingerprint density at radius 2 is 2.00 bits per heavy atom. The highest BCUT2D eigenvalue weighted by Crippen LogP contribution is 2.70. The van der Waals surface area contributed by atoms with Crippen LogP contribution in [0.1, 0.15) is 19.3 Å². The van der Waals surface area contributed by atoms with Gasteiger partial charge in [-0.15, -0.1) is 6.58 Å². The molecular weight excluding hydrogens is 200 g/mol. The molecule has 0 aliphatic heterocycles. The Morgan fingerprint density at radius 1 is 1.19 bits per heavy atom. The van der Waals surface area contributed by atoms with Crippen molar-refractivity contribution in [1.82, 2.24) is 0 Å². The van der Waals surface area contributed by atoms with Crippen LogP contribution >= 0.6 is 0 Å². The van der Waals surface area contributed by atoms with E-state index in [0.29, 0.717) is 35.2 Å². The zero-order chi connectivity index (χ0) is 11.0. The summed E-state index contributed by atoms with van der Waals surface area (Å²) in [5.74, 6) is 3.47. The first-order chi connectivity index (χ1) is 7.74. The van der Waals surface area contributed by atoms with Crippen LogP contribution in [-0.2, 0) is 9.59 Å². The van der Waals surface area contributed by atoms with Crippen molar-refractivity contribution >= 4 is 11.6 Å². The van der Waals surface area contributed by atoms with E-state index < -0.39 is 0 Å². The van der Waals surface area contributed by atoms with E-state index in [4.69, 9.17) is 0 Å². The van der Waals surface area contributed by atoms with E-state index in [-0.39, 0.29) is 17.8 Å². The van der Waals surface area contributed by atoms with E-state index in [2.05, 4.69) is 6.58 Å². The molecule has 4 aliphatic carbocycles. The first-order valence-electron chi connectivity index (χ1n) is 6.41. The SMILES string of the molecule is C=CCC1C(=O)C2C3CC4C(CC(=O)C42)C13. The van der Waals surface area contributed by atoms with E-state index in [0.717, 1.165) is 19.3 Å². The lowest BCUT2D eigenvalue weighted by molar-refractivity contribution is -0.131. The summed E-state index contributed by atoms with van der Waals surface area (Å²) in [7, 11) is 0. The third-order valence-electron chi connectivity index (χ3n) is 5.78. The predicted octanol–water partition coefficient (Wildman–Crippen LogP) is 1.85. The number of carbonyl (C=O) groups excluding carboxylic acids is 2. The molecule has 7 unspecified atom stereocenters. The van der Waals surface area contributed by atoms with Crippen molar-refractivity contribution in [1.29, 1.82) is 0 Å². The molecule has 4 rings (SSSR count). The Kier molecular flexibility index (Phi) is 1.52. The van der Waals surface area contributed by atoms with Crippen molar-refractivity contribution in [2.45, 2.75) is 19.3 Å². The second-order valence-corrected chi connectivity index (χ2v) is 6.06. The van der Waals surface area contributed by atoms with Crippen LogP contribution < -0.4 is 0 Å². The first kappa shape index (κ1) is 9.15. The molecule has 2 nitrogen and oxygen atoms in total. The van der Waals surface area contributed by atoms with Gasteiger partial charge in [-0.2, -0.15) is 0 Å². The normalized spacial score (nSPS) is 56.4. The maximum absolute atomic E-state index is 12.3. The summed E-state index contributed by atoms with van der Waals surface area (Å²) in [6.07, 6.45) is 4.65. The van der Waals surface area contributed by atoms with Gasteiger partial charge >= 0.3 is 0 Å². The number of ketones is 2. The number of hydrogen-bond acceptors (Lipinski definition) is 2. The molecule has 0 aromatic rings. The highest BCUT2D eigenvalue weighted by atomic mass is 16.1. The van der Waals surface area contributed by atoms with Gasteiger partial charge in [-0.1, -0.05) is 6.08 Å². The number of fused-ring (bicyclic) bond motifs is 2. The lowest BCUT2D eigenvalue weighted by Crippen LogP contribution is -2.26. The molecule has 0 radical (unpaired) electrons. The van der Waals surface area contributed by atoms with Gasteiger partial charge in [-0.3, -0.25) is 9.59 Å². The third-order valence-corrected chi connectivity index (χ3v) is 5.78. The summed E-state index contributed by atoms with van der Waals surface area (Å²) in [4.78, 5) is 24.3. The molecule has 4 fully saturated rings. The molecule has 0 spiro atoms. The number of carbonyl (C=O) groups is 2. The minimum atomic E-state index is 0.117. The molecule has 16 heavy (non-hydrogen) atoms. The summed E-state index contributed by atoms with van der Waals surface area (Å²) in [5, 5.41) is 0. The molecule has 0 amide bonds. The van der Waals surface area contributed by atoms with E-state index in [1.165, 1.54) is 0 Å². The molecule has 84 valence electrons. The second-order valence-electron chi connectivity index (χ2n) is 6.06. The van der Waals surface area contributed by atoms with Gasteiger partial charge in [-0.05, 0) is 36.5 Å². The molecule has 7 atom stereocenters. The Hall–Kier alpha value is -0.920. The largest absolute Gasteiger partial charge is 0.299 e. The average molecular weight is 216 g/mol. The fourth-order valence-electron chi connectivity index (χ4n) is 5.55. The van der Waals surface area contributed by atoms with Crippen LogP contribution in [0.2, 0.25) is 0 Å². The molecule has 0 aromatic heterocycles. The smallest absolute Gasteiger partial charge is 0.140 e. The highest BCUT2D eigenvalue weighted by molar-refractivity contribution is 5.97. The second kappa shape index (κ2) is 2.66. The number of rotatable bonds is 2. The maximum atomic E-state index is 12.3. The van der Waals surface area contributed by atoms with Crippen LogP contribution in [0.5, 0.6) is 0 Å². The van der Waals surface area contributed by atoms with E-state index in [1.807, 2.05) is 6.08 Å². The topological polar surface area (TPSA) is 34.1 Å². The zero-order valence-corrected chi connectivity index (χ0v) is 9.26. The van der Waals surface area contributed by atoms with Crippen molar-refractivity contribution in [2.24, 2.45) is 41.4 Å². The van der Waals surface area contributed by atoms with Gasteiger partial charge in [0.2, 0.25) is 0 Å². The monoisotopic (exact) mass is 216 g/mol. The zero-order valence-electron chi connectivity index (χ0n) is 9.26. The van der Waals surface area contributed by atoms with Crippen molar-refractivity contribution in [3.63, 3.8) is 0 Å². The lowest BCUT2D eigenvalue weighted by Gasteiger charge is -2.25. The highest BCUT2D eigenvalue weighted by Gasteiger charge is 2.71. The van der Waals surface area contributed by atoms with Gasteiger partial charge in [0.05, 0.1) is 0 Å². The minimum absolute atomic E-state index is 0.117. The van der Waals surface area contributed by atoms with Crippen LogP contribution in [0.3, 0.4) is 0 Å². The number of allylic oxidation sites excluding steroid dienone is 1. The van der Waals surface area contributed by atoms with Crippen molar-refractivity contribution in [2.75, 3.05) is 0 Å². The average Bonchev–Trinajstić information content (AvgIpc) is 2.87. The van der Waals surface area contributed by atoms with Gasteiger partial charge in [0.1, 0.15) is 11.6 Å². The quantitative estimate of drug-likeness (QED) is 0.660. The Bertz CT molecular complexity index is 409. The molecule has 0 saturated heterocycles. The standard InChI is InChI=1S/C14H16O2/c1-2-3-6-11-8-5-10(15)12-7(8)4-9(11)13(12)14(6)16/h2,6-9,11-13H,1,3-5H2. The van der Waals surface area contributed by atoms with E-state index in [9.17, 15) is 9.59 Å². The molecule has 0 aromatic carbocycles. The molecule has 0 heterocycles. The van der Waals surface area contributed by atoms with Gasteiger partial charge in [0.15, 0.2) is 0 Å². The fraction of sp³-hybridized carbons (Fsp3) is 0.714. The number of hydrogen-bond donors (Lipinski definition) is 0. The Labute approximate surface area is 95.1 Å². The van der Waals surface area contributed by atoms with Crippen LogP contribution in [0.4, 0.5) is 0 Å². The summed E-state index contributed by atoms with van der Waals surface area (Å²) >= 11 is 0. The minimum Gasteiger partial charge on any atom is -0.299 e. The first-order valence-corrected chi connectivity index (χ1v) is 6.41. The van der Waals surface area contributed by atoms with Crippen molar-refractivity contribution in [3.8, 4) is 0 Å². The van der Waals surface area contributed by atoms with Gasteiger partial charge in [-0.25, -0.2) is 0 Å². The van der Waals surface area contributed by atoms with E-state index in [1.54, 1.807) is 0 Å². The number of Topliss-reactive ketones (excluding diaryl/α,β-unsaturated/α-hetero) is 2. The molecule has 4 aliphatic rings. The van der Waals surface area contributed by atoms with Crippen molar-refractivity contribution in [3.05, 3.63) is 12.7 Å². The Morgan fingerprint density at radius 3 is 2.75 bits per heavy atom.